The van der Waals surface area contributed by atoms with Gasteiger partial charge in [-0.2, -0.15) is 0 Å². The molecular weight excluding hydrogens is 252 g/mol. The van der Waals surface area contributed by atoms with Crippen LogP contribution in [-0.4, -0.2) is 32.8 Å². The van der Waals surface area contributed by atoms with E-state index in [2.05, 4.69) is 10.0 Å². The summed E-state index contributed by atoms with van der Waals surface area (Å²) in [7, 11) is -3.21. The van der Waals surface area contributed by atoms with Gasteiger partial charge in [0.15, 0.2) is 0 Å². The van der Waals surface area contributed by atoms with Gasteiger partial charge in [-0.3, -0.25) is 0 Å². The largest absolute Gasteiger partial charge is 0.469 e. The molecule has 18 heavy (non-hydrogen) atoms. The van der Waals surface area contributed by atoms with Crippen LogP contribution in [0.3, 0.4) is 0 Å². The molecule has 1 aromatic heterocycles. The van der Waals surface area contributed by atoms with Crippen molar-refractivity contribution >= 4 is 10.0 Å². The Hall–Kier alpha value is -0.850. The zero-order valence-corrected chi connectivity index (χ0v) is 11.4. The van der Waals surface area contributed by atoms with Crippen molar-refractivity contribution in [3.05, 3.63) is 24.2 Å². The predicted octanol–water partition coefficient (Wildman–Crippen LogP) is 0.882. The highest BCUT2D eigenvalue weighted by atomic mass is 32.2. The lowest BCUT2D eigenvalue weighted by atomic mass is 10.2. The fourth-order valence-corrected chi connectivity index (χ4v) is 3.02. The lowest BCUT2D eigenvalue weighted by Crippen LogP contribution is -2.38. The van der Waals surface area contributed by atoms with Gasteiger partial charge >= 0.3 is 0 Å². The maximum absolute atomic E-state index is 11.8. The van der Waals surface area contributed by atoms with Gasteiger partial charge in [-0.05, 0) is 31.9 Å². The SMILES string of the molecule is CC(Cc1ccco1)NS(=O)(=O)CCNC1CC1. The number of nitrogens with one attached hydrogen (secondary N) is 2. The first-order valence-electron chi connectivity index (χ1n) is 6.31. The molecule has 1 aromatic rings. The molecule has 0 amide bonds. The standard InChI is InChI=1S/C12H20N2O3S/c1-10(9-12-3-2-7-17-12)14-18(15,16)8-6-13-11-4-5-11/h2-3,7,10-11,13-14H,4-6,8-9H2,1H3. The van der Waals surface area contributed by atoms with Crippen molar-refractivity contribution < 1.29 is 12.8 Å². The Balaban J connectivity index is 1.71. The van der Waals surface area contributed by atoms with Gasteiger partial charge in [-0.1, -0.05) is 0 Å². The van der Waals surface area contributed by atoms with Gasteiger partial charge in [0.25, 0.3) is 0 Å². The van der Waals surface area contributed by atoms with Crippen LogP contribution >= 0.6 is 0 Å². The van der Waals surface area contributed by atoms with E-state index in [0.717, 1.165) is 5.76 Å². The maximum Gasteiger partial charge on any atom is 0.213 e. The first-order chi connectivity index (χ1) is 8.55. The van der Waals surface area contributed by atoms with Crippen LogP contribution in [0.2, 0.25) is 0 Å². The zero-order valence-electron chi connectivity index (χ0n) is 10.6. The summed E-state index contributed by atoms with van der Waals surface area (Å²) >= 11 is 0. The van der Waals surface area contributed by atoms with Crippen molar-refractivity contribution in [3.8, 4) is 0 Å². The molecule has 1 unspecified atom stereocenters. The average Bonchev–Trinajstić information content (AvgIpc) is 2.94. The summed E-state index contributed by atoms with van der Waals surface area (Å²) in [5.74, 6) is 0.924. The van der Waals surface area contributed by atoms with Crippen molar-refractivity contribution in [3.63, 3.8) is 0 Å². The molecule has 2 N–H and O–H groups in total. The molecule has 0 saturated heterocycles. The molecule has 1 saturated carbocycles. The van der Waals surface area contributed by atoms with E-state index in [4.69, 9.17) is 4.42 Å². The Morgan fingerprint density at radius 1 is 1.50 bits per heavy atom. The minimum absolute atomic E-state index is 0.131. The molecule has 0 aromatic carbocycles. The number of hydrogen-bond donors (Lipinski definition) is 2. The van der Waals surface area contributed by atoms with E-state index in [9.17, 15) is 8.42 Å². The van der Waals surface area contributed by atoms with Gasteiger partial charge in [0.2, 0.25) is 10.0 Å². The Labute approximate surface area is 108 Å². The predicted molar refractivity (Wildman–Crippen MR) is 69.8 cm³/mol. The minimum Gasteiger partial charge on any atom is -0.469 e. The van der Waals surface area contributed by atoms with Crippen molar-refractivity contribution in [2.24, 2.45) is 0 Å². The topological polar surface area (TPSA) is 71.3 Å². The molecule has 2 rings (SSSR count). The van der Waals surface area contributed by atoms with Crippen LogP contribution in [0.15, 0.2) is 22.8 Å². The first-order valence-corrected chi connectivity index (χ1v) is 7.96. The molecule has 1 fully saturated rings. The van der Waals surface area contributed by atoms with Gasteiger partial charge in [0, 0.05) is 25.0 Å². The number of rotatable bonds is 8. The molecule has 6 heteroatoms. The van der Waals surface area contributed by atoms with Crippen LogP contribution in [0.25, 0.3) is 0 Å². The quantitative estimate of drug-likeness (QED) is 0.737. The molecule has 102 valence electrons. The molecule has 0 bridgehead atoms. The monoisotopic (exact) mass is 272 g/mol. The maximum atomic E-state index is 11.8. The van der Waals surface area contributed by atoms with Crippen LogP contribution in [0, 0.1) is 0 Å². The second-order valence-corrected chi connectivity index (χ2v) is 6.72. The lowest BCUT2D eigenvalue weighted by Gasteiger charge is -2.13. The van der Waals surface area contributed by atoms with Crippen molar-refractivity contribution in [2.75, 3.05) is 12.3 Å². The van der Waals surface area contributed by atoms with Crippen LogP contribution < -0.4 is 10.0 Å². The van der Waals surface area contributed by atoms with E-state index in [1.807, 2.05) is 13.0 Å². The van der Waals surface area contributed by atoms with Crippen LogP contribution in [-0.2, 0) is 16.4 Å². The smallest absolute Gasteiger partial charge is 0.213 e. The number of furan rings is 1. The van der Waals surface area contributed by atoms with E-state index < -0.39 is 10.0 Å². The van der Waals surface area contributed by atoms with E-state index in [1.165, 1.54) is 12.8 Å². The van der Waals surface area contributed by atoms with Gasteiger partial charge < -0.3 is 9.73 Å². The average molecular weight is 272 g/mol. The Bertz CT molecular complexity index is 452. The molecule has 0 spiro atoms. The van der Waals surface area contributed by atoms with Gasteiger partial charge in [-0.15, -0.1) is 0 Å². The third-order valence-corrected chi connectivity index (χ3v) is 4.35. The Morgan fingerprint density at radius 3 is 2.89 bits per heavy atom. The molecule has 0 radical (unpaired) electrons. The Morgan fingerprint density at radius 2 is 2.28 bits per heavy atom. The first kappa shape index (κ1) is 13.6. The van der Waals surface area contributed by atoms with E-state index in [1.54, 1.807) is 12.3 Å². The van der Waals surface area contributed by atoms with E-state index >= 15 is 0 Å². The van der Waals surface area contributed by atoms with Crippen molar-refractivity contribution in [2.45, 2.75) is 38.3 Å². The molecule has 0 aliphatic heterocycles. The highest BCUT2D eigenvalue weighted by Gasteiger charge is 2.21. The van der Waals surface area contributed by atoms with Gasteiger partial charge in [-0.25, -0.2) is 13.1 Å². The number of hydrogen-bond acceptors (Lipinski definition) is 4. The van der Waals surface area contributed by atoms with E-state index in [0.29, 0.717) is 19.0 Å². The van der Waals surface area contributed by atoms with Crippen molar-refractivity contribution in [1.29, 1.82) is 0 Å². The second kappa shape index (κ2) is 5.86. The molecular formula is C12H20N2O3S. The normalized spacial score (nSPS) is 17.8. The third kappa shape index (κ3) is 4.80. The second-order valence-electron chi connectivity index (χ2n) is 4.85. The van der Waals surface area contributed by atoms with Crippen LogP contribution in [0.4, 0.5) is 0 Å². The Kier molecular flexibility index (Phi) is 4.42. The highest BCUT2D eigenvalue weighted by molar-refractivity contribution is 7.89. The lowest BCUT2D eigenvalue weighted by molar-refractivity contribution is 0.478. The third-order valence-electron chi connectivity index (χ3n) is 2.85. The summed E-state index contributed by atoms with van der Waals surface area (Å²) < 4.78 is 31.4. The highest BCUT2D eigenvalue weighted by Crippen LogP contribution is 2.18. The summed E-state index contributed by atoms with van der Waals surface area (Å²) in [4.78, 5) is 0. The summed E-state index contributed by atoms with van der Waals surface area (Å²) in [6.45, 7) is 2.36. The van der Waals surface area contributed by atoms with Gasteiger partial charge in [0.1, 0.15) is 5.76 Å². The molecule has 1 aliphatic rings. The fraction of sp³-hybridized carbons (Fsp3) is 0.667. The minimum atomic E-state index is -3.21. The molecule has 1 atom stereocenters. The summed E-state index contributed by atoms with van der Waals surface area (Å²) in [6.07, 6.45) is 4.50. The van der Waals surface area contributed by atoms with E-state index in [-0.39, 0.29) is 11.8 Å². The number of sulfonamides is 1. The van der Waals surface area contributed by atoms with Crippen LogP contribution in [0.5, 0.6) is 0 Å². The van der Waals surface area contributed by atoms with Crippen LogP contribution in [0.1, 0.15) is 25.5 Å². The summed E-state index contributed by atoms with van der Waals surface area (Å²) in [5, 5.41) is 3.19. The van der Waals surface area contributed by atoms with Gasteiger partial charge in [0.05, 0.1) is 12.0 Å². The molecule has 1 heterocycles. The molecule has 5 nitrogen and oxygen atoms in total. The molecule has 1 aliphatic carbocycles. The fourth-order valence-electron chi connectivity index (χ4n) is 1.82. The zero-order chi connectivity index (χ0) is 13.0. The summed E-state index contributed by atoms with van der Waals surface area (Å²) in [6, 6.07) is 4.04. The summed E-state index contributed by atoms with van der Waals surface area (Å²) in [5.41, 5.74) is 0. The van der Waals surface area contributed by atoms with Crippen molar-refractivity contribution in [1.82, 2.24) is 10.0 Å².